The first kappa shape index (κ1) is 26.3. The fourth-order valence-electron chi connectivity index (χ4n) is 3.27. The number of aliphatic hydroxyl groups is 5. The molecule has 2 heterocycles. The van der Waals surface area contributed by atoms with Crippen LogP contribution in [0.5, 0.6) is 0 Å². The van der Waals surface area contributed by atoms with Gasteiger partial charge in [0, 0.05) is 13.3 Å². The average Bonchev–Trinajstić information content (AvgIpc) is 2.69. The van der Waals surface area contributed by atoms with Crippen molar-refractivity contribution in [3.05, 3.63) is 0 Å². The molecule has 0 spiro atoms. The summed E-state index contributed by atoms with van der Waals surface area (Å²) in [4.78, 5) is 34.5. The fourth-order valence-corrected chi connectivity index (χ4v) is 3.27. The van der Waals surface area contributed by atoms with Crippen molar-refractivity contribution >= 4 is 17.8 Å². The highest BCUT2D eigenvalue weighted by Gasteiger charge is 2.46. The van der Waals surface area contributed by atoms with Gasteiger partial charge in [-0.05, 0) is 0 Å². The van der Waals surface area contributed by atoms with Crippen LogP contribution in [0.4, 0.5) is 0 Å². The van der Waals surface area contributed by atoms with Crippen molar-refractivity contribution < 1.29 is 59.2 Å². The van der Waals surface area contributed by atoms with Gasteiger partial charge in [0.1, 0.15) is 36.5 Å². The van der Waals surface area contributed by atoms with E-state index in [0.29, 0.717) is 0 Å². The molecule has 0 aromatic carbocycles. The van der Waals surface area contributed by atoms with E-state index in [2.05, 4.69) is 10.6 Å². The lowest BCUT2D eigenvalue weighted by Gasteiger charge is -2.43. The van der Waals surface area contributed by atoms with Crippen LogP contribution >= 0.6 is 0 Å². The molecule has 0 aliphatic carbocycles. The Hall–Kier alpha value is -1.95. The molecule has 15 heteroatoms. The summed E-state index contributed by atoms with van der Waals surface area (Å²) in [5.41, 5.74) is 5.32. The average molecular weight is 467 g/mol. The Morgan fingerprint density at radius 1 is 1.06 bits per heavy atom. The van der Waals surface area contributed by atoms with Crippen LogP contribution in [0, 0.1) is 0 Å². The van der Waals surface area contributed by atoms with Crippen molar-refractivity contribution in [2.24, 2.45) is 5.73 Å². The Kier molecular flexibility index (Phi) is 9.26. The molecular formula is C17H29N3O12. The number of amides is 2. The zero-order valence-electron chi connectivity index (χ0n) is 17.1. The minimum absolute atomic E-state index is 0.243. The van der Waals surface area contributed by atoms with Gasteiger partial charge in [-0.25, -0.2) is 0 Å². The Morgan fingerprint density at radius 2 is 1.72 bits per heavy atom. The lowest BCUT2D eigenvalue weighted by Crippen LogP contribution is -2.68. The molecule has 10 N–H and O–H groups in total. The van der Waals surface area contributed by atoms with Crippen LogP contribution in [-0.4, -0.2) is 116 Å². The SMILES string of the molecule is CC(=O)N[C@H]1C(NC(=O)CC(N)C(=O)O)OC(CO[C@@H]2OC(O)CC(O)[C@@H]2O)[C@@H](O)C1O. The lowest BCUT2D eigenvalue weighted by molar-refractivity contribution is -0.318. The van der Waals surface area contributed by atoms with Crippen LogP contribution in [-0.2, 0) is 28.6 Å². The summed E-state index contributed by atoms with van der Waals surface area (Å²) in [5.74, 6) is -2.89. The van der Waals surface area contributed by atoms with E-state index >= 15 is 0 Å². The number of aliphatic hydroxyl groups excluding tert-OH is 5. The van der Waals surface area contributed by atoms with E-state index in [1.165, 1.54) is 0 Å². The molecule has 0 aromatic rings. The summed E-state index contributed by atoms with van der Waals surface area (Å²) < 4.78 is 15.8. The van der Waals surface area contributed by atoms with Gasteiger partial charge in [-0.3, -0.25) is 14.4 Å². The molecule has 2 aliphatic heterocycles. The van der Waals surface area contributed by atoms with Crippen molar-refractivity contribution in [3.8, 4) is 0 Å². The third-order valence-corrected chi connectivity index (χ3v) is 4.97. The van der Waals surface area contributed by atoms with Gasteiger partial charge in [0.25, 0.3) is 0 Å². The monoisotopic (exact) mass is 467 g/mol. The van der Waals surface area contributed by atoms with Crippen molar-refractivity contribution in [3.63, 3.8) is 0 Å². The molecule has 0 saturated carbocycles. The van der Waals surface area contributed by atoms with Gasteiger partial charge >= 0.3 is 5.97 Å². The number of carbonyl (C=O) groups is 3. The molecule has 2 fully saturated rings. The van der Waals surface area contributed by atoms with Crippen LogP contribution < -0.4 is 16.4 Å². The van der Waals surface area contributed by atoms with Crippen molar-refractivity contribution in [2.45, 2.75) is 81.2 Å². The second-order valence-corrected chi connectivity index (χ2v) is 7.61. The predicted molar refractivity (Wildman–Crippen MR) is 100 cm³/mol. The Bertz CT molecular complexity index is 681. The number of nitrogens with two attached hydrogens (primary N) is 1. The van der Waals surface area contributed by atoms with E-state index < -0.39 is 92.2 Å². The van der Waals surface area contributed by atoms with Gasteiger partial charge in [0.2, 0.25) is 11.8 Å². The number of carboxylic acid groups (broad SMARTS) is 1. The van der Waals surface area contributed by atoms with E-state index in [0.717, 1.165) is 6.92 Å². The number of aliphatic carboxylic acids is 1. The highest BCUT2D eigenvalue weighted by Crippen LogP contribution is 2.24. The zero-order valence-corrected chi connectivity index (χ0v) is 17.1. The number of rotatable bonds is 8. The molecule has 0 aromatic heterocycles. The van der Waals surface area contributed by atoms with Crippen LogP contribution in [0.15, 0.2) is 0 Å². The van der Waals surface area contributed by atoms with Gasteiger partial charge in [-0.1, -0.05) is 0 Å². The van der Waals surface area contributed by atoms with Gasteiger partial charge in [-0.2, -0.15) is 0 Å². The van der Waals surface area contributed by atoms with Crippen LogP contribution in [0.2, 0.25) is 0 Å². The van der Waals surface area contributed by atoms with Crippen LogP contribution in [0.3, 0.4) is 0 Å². The lowest BCUT2D eigenvalue weighted by atomic mass is 9.95. The summed E-state index contributed by atoms with van der Waals surface area (Å²) in [7, 11) is 0. The third kappa shape index (κ3) is 6.77. The fraction of sp³-hybridized carbons (Fsp3) is 0.824. The molecule has 2 amide bonds. The summed E-state index contributed by atoms with van der Waals surface area (Å²) >= 11 is 0. The quantitative estimate of drug-likeness (QED) is 0.162. The van der Waals surface area contributed by atoms with E-state index in [1.807, 2.05) is 0 Å². The molecular weight excluding hydrogens is 438 g/mol. The molecule has 15 nitrogen and oxygen atoms in total. The van der Waals surface area contributed by atoms with Crippen molar-refractivity contribution in [2.75, 3.05) is 6.61 Å². The summed E-state index contributed by atoms with van der Waals surface area (Å²) in [5, 5.41) is 63.4. The smallest absolute Gasteiger partial charge is 0.321 e. The van der Waals surface area contributed by atoms with E-state index in [1.54, 1.807) is 0 Å². The number of nitrogens with one attached hydrogen (secondary N) is 2. The normalized spacial score (nSPS) is 38.5. The van der Waals surface area contributed by atoms with Gasteiger partial charge in [0.05, 0.1) is 19.1 Å². The molecule has 2 saturated heterocycles. The maximum absolute atomic E-state index is 12.1. The first-order valence-electron chi connectivity index (χ1n) is 9.78. The van der Waals surface area contributed by atoms with Crippen LogP contribution in [0.1, 0.15) is 19.8 Å². The summed E-state index contributed by atoms with van der Waals surface area (Å²) in [6.07, 6.45) is -12.6. The highest BCUT2D eigenvalue weighted by molar-refractivity contribution is 5.84. The molecule has 0 radical (unpaired) electrons. The number of hydrogen-bond acceptors (Lipinski definition) is 12. The molecule has 10 atom stereocenters. The topological polar surface area (TPSA) is 250 Å². The maximum Gasteiger partial charge on any atom is 0.321 e. The highest BCUT2D eigenvalue weighted by atomic mass is 16.7. The van der Waals surface area contributed by atoms with E-state index in [4.69, 9.17) is 25.1 Å². The Morgan fingerprint density at radius 3 is 2.31 bits per heavy atom. The van der Waals surface area contributed by atoms with E-state index in [9.17, 15) is 39.9 Å². The minimum Gasteiger partial charge on any atom is -0.480 e. The Balaban J connectivity index is 2.08. The van der Waals surface area contributed by atoms with Gasteiger partial charge < -0.3 is 61.2 Å². The minimum atomic E-state index is -1.65. The van der Waals surface area contributed by atoms with Crippen molar-refractivity contribution in [1.82, 2.24) is 10.6 Å². The molecule has 2 rings (SSSR count). The maximum atomic E-state index is 12.1. The standard InChI is InChI=1S/C17H29N3O12/c1-5(21)19-11-14(27)13(26)8(4-30-17-12(25)7(22)3-10(24)32-17)31-15(11)20-9(23)2-6(18)16(28)29/h6-8,10-15,17,22,24-27H,2-4,18H2,1H3,(H,19,21)(H,20,23)(H,28,29)/t6?,7?,8?,10?,11-,12+,13-,14?,15?,17-/m1/s1. The number of hydrogen-bond donors (Lipinski definition) is 9. The van der Waals surface area contributed by atoms with Crippen molar-refractivity contribution in [1.29, 1.82) is 0 Å². The first-order valence-corrected chi connectivity index (χ1v) is 9.78. The predicted octanol–water partition coefficient (Wildman–Crippen LogP) is -5.34. The van der Waals surface area contributed by atoms with Gasteiger partial charge in [-0.15, -0.1) is 0 Å². The van der Waals surface area contributed by atoms with Gasteiger partial charge in [0.15, 0.2) is 18.8 Å². The molecule has 2 aliphatic rings. The third-order valence-electron chi connectivity index (χ3n) is 4.97. The second kappa shape index (κ2) is 11.3. The Labute approximate surface area is 182 Å². The number of carboxylic acids is 1. The zero-order chi connectivity index (χ0) is 24.2. The summed E-state index contributed by atoms with van der Waals surface area (Å²) in [6.45, 7) is 0.610. The van der Waals surface area contributed by atoms with Crippen LogP contribution in [0.25, 0.3) is 0 Å². The molecule has 6 unspecified atom stereocenters. The molecule has 0 bridgehead atoms. The number of ether oxygens (including phenoxy) is 3. The molecule has 32 heavy (non-hydrogen) atoms. The molecule has 184 valence electrons. The summed E-state index contributed by atoms with van der Waals surface area (Å²) in [6, 6.07) is -2.81. The second-order valence-electron chi connectivity index (χ2n) is 7.61. The number of carbonyl (C=O) groups excluding carboxylic acids is 2. The largest absolute Gasteiger partial charge is 0.480 e. The first-order chi connectivity index (χ1) is 14.9. The van der Waals surface area contributed by atoms with E-state index in [-0.39, 0.29) is 6.42 Å².